The highest BCUT2D eigenvalue weighted by Gasteiger charge is 2.21. The Morgan fingerprint density at radius 1 is 1.13 bits per heavy atom. The molecule has 2 aromatic rings. The Morgan fingerprint density at radius 2 is 1.83 bits per heavy atom. The molecule has 0 atom stereocenters. The molecule has 1 saturated carbocycles. The minimum atomic E-state index is -0.217. The molecular formula is C18H22N4O. The highest BCUT2D eigenvalue weighted by molar-refractivity contribution is 6.03. The summed E-state index contributed by atoms with van der Waals surface area (Å²) in [6.07, 6.45) is 7.26. The lowest BCUT2D eigenvalue weighted by molar-refractivity contribution is 0.102. The van der Waals surface area contributed by atoms with Gasteiger partial charge in [0.15, 0.2) is 0 Å². The molecule has 0 spiro atoms. The molecule has 0 unspecified atom stereocenters. The summed E-state index contributed by atoms with van der Waals surface area (Å²) in [4.78, 5) is 21.0. The fourth-order valence-electron chi connectivity index (χ4n) is 2.54. The maximum atomic E-state index is 12.5. The Balaban J connectivity index is 1.76. The molecular weight excluding hydrogens is 288 g/mol. The van der Waals surface area contributed by atoms with Gasteiger partial charge in [0.25, 0.3) is 5.91 Å². The first-order chi connectivity index (χ1) is 11.2. The third-order valence-corrected chi connectivity index (χ3v) is 4.05. The van der Waals surface area contributed by atoms with E-state index >= 15 is 0 Å². The summed E-state index contributed by atoms with van der Waals surface area (Å²) in [6, 6.07) is 6.64. The molecule has 1 aliphatic carbocycles. The van der Waals surface area contributed by atoms with E-state index < -0.39 is 0 Å². The molecule has 5 heteroatoms. The van der Waals surface area contributed by atoms with Crippen LogP contribution in [0.3, 0.4) is 0 Å². The van der Waals surface area contributed by atoms with Gasteiger partial charge in [-0.05, 0) is 36.8 Å². The van der Waals surface area contributed by atoms with Crippen molar-refractivity contribution < 1.29 is 4.79 Å². The molecule has 1 fully saturated rings. The molecule has 2 N–H and O–H groups in total. The molecule has 1 heterocycles. The van der Waals surface area contributed by atoms with E-state index in [0.29, 0.717) is 11.7 Å². The van der Waals surface area contributed by atoms with Crippen molar-refractivity contribution in [3.63, 3.8) is 0 Å². The van der Waals surface area contributed by atoms with Gasteiger partial charge in [-0.3, -0.25) is 4.79 Å². The van der Waals surface area contributed by atoms with Crippen LogP contribution < -0.4 is 10.6 Å². The van der Waals surface area contributed by atoms with E-state index in [0.717, 1.165) is 35.5 Å². The van der Waals surface area contributed by atoms with E-state index in [2.05, 4.69) is 34.4 Å². The molecule has 1 aromatic carbocycles. The van der Waals surface area contributed by atoms with Crippen molar-refractivity contribution in [3.8, 4) is 0 Å². The smallest absolute Gasteiger partial charge is 0.275 e. The van der Waals surface area contributed by atoms with Crippen molar-refractivity contribution in [1.82, 2.24) is 9.97 Å². The van der Waals surface area contributed by atoms with Crippen molar-refractivity contribution in [2.45, 2.75) is 45.6 Å². The summed E-state index contributed by atoms with van der Waals surface area (Å²) in [6.45, 7) is 4.17. The summed E-state index contributed by atoms with van der Waals surface area (Å²) >= 11 is 0. The van der Waals surface area contributed by atoms with Gasteiger partial charge in [0, 0.05) is 11.7 Å². The summed E-state index contributed by atoms with van der Waals surface area (Å²) in [5.74, 6) is 0.512. The standard InChI is InChI=1S/C18H22N4O/c1-3-12-6-5-7-13(4-2)17(12)22-18(23)15-10-20-16(11-19-15)21-14-8-9-14/h5-7,10-11,14H,3-4,8-9H2,1-2H3,(H,20,21)(H,22,23). The van der Waals surface area contributed by atoms with Crippen molar-refractivity contribution in [3.05, 3.63) is 47.4 Å². The minimum Gasteiger partial charge on any atom is -0.366 e. The van der Waals surface area contributed by atoms with Gasteiger partial charge in [-0.1, -0.05) is 32.0 Å². The zero-order chi connectivity index (χ0) is 16.2. The Bertz CT molecular complexity index is 670. The zero-order valence-corrected chi connectivity index (χ0v) is 13.6. The molecule has 0 aliphatic heterocycles. The van der Waals surface area contributed by atoms with Crippen molar-refractivity contribution in [1.29, 1.82) is 0 Å². The predicted molar refractivity (Wildman–Crippen MR) is 91.8 cm³/mol. The average molecular weight is 310 g/mol. The molecule has 23 heavy (non-hydrogen) atoms. The zero-order valence-electron chi connectivity index (χ0n) is 13.6. The minimum absolute atomic E-state index is 0.217. The number of benzene rings is 1. The number of aryl methyl sites for hydroxylation is 2. The molecule has 1 aliphatic rings. The van der Waals surface area contributed by atoms with E-state index in [1.54, 1.807) is 6.20 Å². The number of carbonyl (C=O) groups excluding carboxylic acids is 1. The van der Waals surface area contributed by atoms with Crippen LogP contribution in [-0.4, -0.2) is 21.9 Å². The number of para-hydroxylation sites is 1. The number of nitrogens with one attached hydrogen (secondary N) is 2. The molecule has 5 nitrogen and oxygen atoms in total. The van der Waals surface area contributed by atoms with E-state index in [-0.39, 0.29) is 5.91 Å². The van der Waals surface area contributed by atoms with Gasteiger partial charge < -0.3 is 10.6 Å². The summed E-state index contributed by atoms with van der Waals surface area (Å²) in [5, 5.41) is 6.27. The second-order valence-electron chi connectivity index (χ2n) is 5.82. The van der Waals surface area contributed by atoms with E-state index in [9.17, 15) is 4.79 Å². The van der Waals surface area contributed by atoms with Crippen LogP contribution in [-0.2, 0) is 12.8 Å². The fraction of sp³-hybridized carbons (Fsp3) is 0.389. The van der Waals surface area contributed by atoms with Crippen LogP contribution in [0.15, 0.2) is 30.6 Å². The second-order valence-corrected chi connectivity index (χ2v) is 5.82. The van der Waals surface area contributed by atoms with Crippen molar-refractivity contribution >= 4 is 17.4 Å². The largest absolute Gasteiger partial charge is 0.366 e. The first-order valence-electron chi connectivity index (χ1n) is 8.22. The maximum absolute atomic E-state index is 12.5. The number of aromatic nitrogens is 2. The molecule has 0 bridgehead atoms. The first kappa shape index (κ1) is 15.5. The lowest BCUT2D eigenvalue weighted by atomic mass is 10.0. The quantitative estimate of drug-likeness (QED) is 0.858. The maximum Gasteiger partial charge on any atom is 0.275 e. The summed E-state index contributed by atoms with van der Waals surface area (Å²) < 4.78 is 0. The number of nitrogens with zero attached hydrogens (tertiary/aromatic N) is 2. The Labute approximate surface area is 136 Å². The monoisotopic (exact) mass is 310 g/mol. The Hall–Kier alpha value is -2.43. The number of amides is 1. The molecule has 1 aromatic heterocycles. The highest BCUT2D eigenvalue weighted by Crippen LogP contribution is 2.24. The number of anilines is 2. The van der Waals surface area contributed by atoms with Gasteiger partial charge in [0.2, 0.25) is 0 Å². The van der Waals surface area contributed by atoms with Gasteiger partial charge in [0.1, 0.15) is 11.5 Å². The van der Waals surface area contributed by atoms with Gasteiger partial charge >= 0.3 is 0 Å². The van der Waals surface area contributed by atoms with E-state index in [1.807, 2.05) is 18.2 Å². The van der Waals surface area contributed by atoms with Crippen molar-refractivity contribution in [2.75, 3.05) is 10.6 Å². The fourth-order valence-corrected chi connectivity index (χ4v) is 2.54. The average Bonchev–Trinajstić information content (AvgIpc) is 3.39. The molecule has 120 valence electrons. The Morgan fingerprint density at radius 3 is 2.35 bits per heavy atom. The normalized spacial score (nSPS) is 13.7. The Kier molecular flexibility index (Phi) is 4.55. The summed E-state index contributed by atoms with van der Waals surface area (Å²) in [5.41, 5.74) is 3.51. The van der Waals surface area contributed by atoms with Crippen LogP contribution >= 0.6 is 0 Å². The van der Waals surface area contributed by atoms with Gasteiger partial charge in [-0.2, -0.15) is 0 Å². The van der Waals surface area contributed by atoms with E-state index in [4.69, 9.17) is 0 Å². The topological polar surface area (TPSA) is 66.9 Å². The van der Waals surface area contributed by atoms with Crippen molar-refractivity contribution in [2.24, 2.45) is 0 Å². The lowest BCUT2D eigenvalue weighted by Crippen LogP contribution is -2.17. The van der Waals surface area contributed by atoms with Gasteiger partial charge in [-0.25, -0.2) is 9.97 Å². The first-order valence-corrected chi connectivity index (χ1v) is 8.22. The molecule has 1 amide bonds. The van der Waals surface area contributed by atoms with Crippen LogP contribution in [0.2, 0.25) is 0 Å². The molecule has 0 saturated heterocycles. The second kappa shape index (κ2) is 6.77. The van der Waals surface area contributed by atoms with Crippen LogP contribution in [0.25, 0.3) is 0 Å². The van der Waals surface area contributed by atoms with Crippen LogP contribution in [0, 0.1) is 0 Å². The molecule has 0 radical (unpaired) electrons. The lowest BCUT2D eigenvalue weighted by Gasteiger charge is -2.14. The van der Waals surface area contributed by atoms with Crippen LogP contribution in [0.5, 0.6) is 0 Å². The number of hydrogen-bond donors (Lipinski definition) is 2. The third kappa shape index (κ3) is 3.67. The van der Waals surface area contributed by atoms with Crippen LogP contribution in [0.1, 0.15) is 48.3 Å². The van der Waals surface area contributed by atoms with E-state index in [1.165, 1.54) is 19.0 Å². The highest BCUT2D eigenvalue weighted by atomic mass is 16.1. The number of carbonyl (C=O) groups is 1. The molecule has 3 rings (SSSR count). The van der Waals surface area contributed by atoms with Crippen LogP contribution in [0.4, 0.5) is 11.5 Å². The summed E-state index contributed by atoms with van der Waals surface area (Å²) in [7, 11) is 0. The van der Waals surface area contributed by atoms with Gasteiger partial charge in [-0.15, -0.1) is 0 Å². The number of hydrogen-bond acceptors (Lipinski definition) is 4. The predicted octanol–water partition coefficient (Wildman–Crippen LogP) is 3.43. The SMILES string of the molecule is CCc1cccc(CC)c1NC(=O)c1cnc(NC2CC2)cn1. The van der Waals surface area contributed by atoms with Gasteiger partial charge in [0.05, 0.1) is 12.4 Å². The third-order valence-electron chi connectivity index (χ3n) is 4.05. The number of rotatable bonds is 6.